The number of hydrogen-bond donors (Lipinski definition) is 2. The molecule has 1 aliphatic rings. The maximum atomic E-state index is 10.9. The molecular formula is C9H12N2OS. The van der Waals surface area contributed by atoms with Crippen LogP contribution in [-0.2, 0) is 11.3 Å². The average Bonchev–Trinajstić information content (AvgIpc) is 2.71. The third kappa shape index (κ3) is 2.29. The van der Waals surface area contributed by atoms with Crippen molar-refractivity contribution in [2.45, 2.75) is 19.0 Å². The van der Waals surface area contributed by atoms with Crippen molar-refractivity contribution in [2.24, 2.45) is 0 Å². The molecule has 0 saturated carbocycles. The first kappa shape index (κ1) is 8.72. The fourth-order valence-corrected chi connectivity index (χ4v) is 2.06. The summed E-state index contributed by atoms with van der Waals surface area (Å²) in [5, 5.41) is 8.21. The lowest BCUT2D eigenvalue weighted by molar-refractivity contribution is -0.119. The standard InChI is InChI=1S/C9H12N2OS/c12-9-4-7(5-11-9)10-6-8-2-1-3-13-8/h1-3,7,10H,4-6H2,(H,11,12). The molecule has 2 heterocycles. The lowest BCUT2D eigenvalue weighted by Crippen LogP contribution is -2.30. The van der Waals surface area contributed by atoms with Crippen LogP contribution in [0, 0.1) is 0 Å². The van der Waals surface area contributed by atoms with Crippen LogP contribution in [0.15, 0.2) is 17.5 Å². The van der Waals surface area contributed by atoms with Gasteiger partial charge in [0, 0.05) is 30.4 Å². The van der Waals surface area contributed by atoms with Crippen molar-refractivity contribution in [3.05, 3.63) is 22.4 Å². The Morgan fingerprint density at radius 1 is 1.69 bits per heavy atom. The zero-order valence-corrected chi connectivity index (χ0v) is 8.06. The fourth-order valence-electron chi connectivity index (χ4n) is 1.41. The van der Waals surface area contributed by atoms with Crippen LogP contribution in [0.2, 0.25) is 0 Å². The van der Waals surface area contributed by atoms with Crippen LogP contribution in [0.4, 0.5) is 0 Å². The van der Waals surface area contributed by atoms with Crippen molar-refractivity contribution in [3.63, 3.8) is 0 Å². The van der Waals surface area contributed by atoms with Gasteiger partial charge < -0.3 is 10.6 Å². The fraction of sp³-hybridized carbons (Fsp3) is 0.444. The number of thiophene rings is 1. The van der Waals surface area contributed by atoms with Gasteiger partial charge in [0.1, 0.15) is 0 Å². The SMILES string of the molecule is O=C1CC(NCc2cccs2)CN1. The highest BCUT2D eigenvalue weighted by Crippen LogP contribution is 2.09. The Labute approximate surface area is 81.2 Å². The molecule has 2 rings (SSSR count). The summed E-state index contributed by atoms with van der Waals surface area (Å²) in [5.41, 5.74) is 0. The van der Waals surface area contributed by atoms with Crippen LogP contribution in [0.25, 0.3) is 0 Å². The second kappa shape index (κ2) is 3.89. The Bertz CT molecular complexity index is 284. The summed E-state index contributed by atoms with van der Waals surface area (Å²) in [6.07, 6.45) is 0.616. The van der Waals surface area contributed by atoms with E-state index in [9.17, 15) is 4.79 Å². The number of amides is 1. The molecule has 2 N–H and O–H groups in total. The number of carbonyl (C=O) groups excluding carboxylic acids is 1. The van der Waals surface area contributed by atoms with E-state index >= 15 is 0 Å². The lowest BCUT2D eigenvalue weighted by Gasteiger charge is -2.07. The molecule has 0 aromatic carbocycles. The highest BCUT2D eigenvalue weighted by molar-refractivity contribution is 7.09. The highest BCUT2D eigenvalue weighted by atomic mass is 32.1. The van der Waals surface area contributed by atoms with Gasteiger partial charge in [-0.2, -0.15) is 0 Å². The third-order valence-corrected chi connectivity index (χ3v) is 3.00. The molecule has 1 unspecified atom stereocenters. The maximum absolute atomic E-state index is 10.9. The predicted molar refractivity (Wildman–Crippen MR) is 52.6 cm³/mol. The van der Waals surface area contributed by atoms with Gasteiger partial charge in [0.15, 0.2) is 0 Å². The molecule has 1 aliphatic heterocycles. The molecule has 1 saturated heterocycles. The molecule has 70 valence electrons. The second-order valence-corrected chi connectivity index (χ2v) is 4.20. The average molecular weight is 196 g/mol. The zero-order valence-electron chi connectivity index (χ0n) is 7.25. The summed E-state index contributed by atoms with van der Waals surface area (Å²) >= 11 is 1.74. The topological polar surface area (TPSA) is 41.1 Å². The Morgan fingerprint density at radius 2 is 2.62 bits per heavy atom. The first-order valence-electron chi connectivity index (χ1n) is 4.37. The van der Waals surface area contributed by atoms with Crippen molar-refractivity contribution in [1.29, 1.82) is 0 Å². The molecule has 3 nitrogen and oxygen atoms in total. The molecule has 0 radical (unpaired) electrons. The first-order chi connectivity index (χ1) is 6.34. The van der Waals surface area contributed by atoms with E-state index in [2.05, 4.69) is 22.1 Å². The summed E-state index contributed by atoms with van der Waals surface area (Å²) in [7, 11) is 0. The van der Waals surface area contributed by atoms with Gasteiger partial charge in [-0.05, 0) is 11.4 Å². The van der Waals surface area contributed by atoms with Crippen molar-refractivity contribution in [2.75, 3.05) is 6.54 Å². The number of hydrogen-bond acceptors (Lipinski definition) is 3. The van der Waals surface area contributed by atoms with Gasteiger partial charge in [-0.3, -0.25) is 4.79 Å². The summed E-state index contributed by atoms with van der Waals surface area (Å²) in [6, 6.07) is 4.45. The normalized spacial score (nSPS) is 21.8. The van der Waals surface area contributed by atoms with Crippen molar-refractivity contribution in [1.82, 2.24) is 10.6 Å². The van der Waals surface area contributed by atoms with E-state index in [4.69, 9.17) is 0 Å². The van der Waals surface area contributed by atoms with Crippen molar-refractivity contribution >= 4 is 17.2 Å². The smallest absolute Gasteiger partial charge is 0.221 e. The Morgan fingerprint density at radius 3 is 3.23 bits per heavy atom. The number of carbonyl (C=O) groups is 1. The minimum absolute atomic E-state index is 0.156. The Hall–Kier alpha value is -0.870. The molecule has 1 aromatic rings. The van der Waals surface area contributed by atoms with E-state index in [-0.39, 0.29) is 5.91 Å². The largest absolute Gasteiger partial charge is 0.354 e. The van der Waals surface area contributed by atoms with Gasteiger partial charge in [-0.15, -0.1) is 11.3 Å². The van der Waals surface area contributed by atoms with E-state index in [0.717, 1.165) is 13.1 Å². The van der Waals surface area contributed by atoms with Crippen LogP contribution in [0.3, 0.4) is 0 Å². The molecule has 1 fully saturated rings. The van der Waals surface area contributed by atoms with E-state index in [1.54, 1.807) is 11.3 Å². The van der Waals surface area contributed by atoms with Gasteiger partial charge >= 0.3 is 0 Å². The van der Waals surface area contributed by atoms with Crippen LogP contribution in [-0.4, -0.2) is 18.5 Å². The molecule has 0 aliphatic carbocycles. The minimum atomic E-state index is 0.156. The van der Waals surface area contributed by atoms with Crippen molar-refractivity contribution < 1.29 is 4.79 Å². The van der Waals surface area contributed by atoms with Gasteiger partial charge in [0.05, 0.1) is 0 Å². The number of nitrogens with one attached hydrogen (secondary N) is 2. The molecule has 0 bridgehead atoms. The lowest BCUT2D eigenvalue weighted by atomic mass is 10.2. The summed E-state index contributed by atoms with van der Waals surface area (Å²) in [6.45, 7) is 1.64. The molecule has 0 spiro atoms. The minimum Gasteiger partial charge on any atom is -0.354 e. The zero-order chi connectivity index (χ0) is 9.10. The summed E-state index contributed by atoms with van der Waals surface area (Å²) in [4.78, 5) is 12.2. The van der Waals surface area contributed by atoms with E-state index < -0.39 is 0 Å². The van der Waals surface area contributed by atoms with Gasteiger partial charge in [0.25, 0.3) is 0 Å². The van der Waals surface area contributed by atoms with Gasteiger partial charge in [-0.25, -0.2) is 0 Å². The second-order valence-electron chi connectivity index (χ2n) is 3.17. The molecule has 13 heavy (non-hydrogen) atoms. The van der Waals surface area contributed by atoms with Gasteiger partial charge in [0.2, 0.25) is 5.91 Å². The van der Waals surface area contributed by atoms with E-state index in [0.29, 0.717) is 12.5 Å². The van der Waals surface area contributed by atoms with E-state index in [1.807, 2.05) is 6.07 Å². The van der Waals surface area contributed by atoms with Crippen LogP contribution >= 0.6 is 11.3 Å². The Balaban J connectivity index is 1.77. The summed E-state index contributed by atoms with van der Waals surface area (Å²) in [5.74, 6) is 0.156. The molecular weight excluding hydrogens is 184 g/mol. The monoisotopic (exact) mass is 196 g/mol. The van der Waals surface area contributed by atoms with E-state index in [1.165, 1.54) is 4.88 Å². The molecule has 1 amide bonds. The predicted octanol–water partition coefficient (Wildman–Crippen LogP) is 0.726. The van der Waals surface area contributed by atoms with Crippen LogP contribution in [0.1, 0.15) is 11.3 Å². The molecule has 4 heteroatoms. The third-order valence-electron chi connectivity index (χ3n) is 2.12. The Kier molecular flexibility index (Phi) is 2.61. The van der Waals surface area contributed by atoms with Gasteiger partial charge in [-0.1, -0.05) is 6.07 Å². The van der Waals surface area contributed by atoms with Crippen LogP contribution < -0.4 is 10.6 Å². The number of rotatable bonds is 3. The molecule has 1 aromatic heterocycles. The van der Waals surface area contributed by atoms with Crippen LogP contribution in [0.5, 0.6) is 0 Å². The maximum Gasteiger partial charge on any atom is 0.221 e. The summed E-state index contributed by atoms with van der Waals surface area (Å²) < 4.78 is 0. The quantitative estimate of drug-likeness (QED) is 0.748. The molecule has 1 atom stereocenters. The highest BCUT2D eigenvalue weighted by Gasteiger charge is 2.20. The first-order valence-corrected chi connectivity index (χ1v) is 5.25. The van der Waals surface area contributed by atoms with Crippen molar-refractivity contribution in [3.8, 4) is 0 Å².